The Balaban J connectivity index is 1.44. The van der Waals surface area contributed by atoms with Crippen LogP contribution in [-0.2, 0) is 11.2 Å². The van der Waals surface area contributed by atoms with E-state index in [1.54, 1.807) is 4.90 Å². The van der Waals surface area contributed by atoms with Crippen LogP contribution in [0.15, 0.2) is 36.4 Å². The van der Waals surface area contributed by atoms with Gasteiger partial charge in [0, 0.05) is 24.5 Å². The average Bonchev–Trinajstić information content (AvgIpc) is 3.21. The van der Waals surface area contributed by atoms with Crippen LogP contribution in [-0.4, -0.2) is 43.0 Å². The molecule has 2 aromatic rings. The summed E-state index contributed by atoms with van der Waals surface area (Å²) in [4.78, 5) is 28.4. The maximum atomic E-state index is 12.9. The van der Waals surface area contributed by atoms with Crippen molar-refractivity contribution in [2.24, 2.45) is 5.92 Å². The first kappa shape index (κ1) is 20.3. The fourth-order valence-corrected chi connectivity index (χ4v) is 4.10. The summed E-state index contributed by atoms with van der Waals surface area (Å²) in [5.41, 5.74) is 0. The molecular formula is C21H25FN2O3S. The lowest BCUT2D eigenvalue weighted by Gasteiger charge is -2.32. The number of rotatable bonds is 7. The molecule has 1 fully saturated rings. The Kier molecular flexibility index (Phi) is 7.03. The molecule has 2 amide bonds. The smallest absolute Gasteiger partial charge is 0.261 e. The Morgan fingerprint density at radius 2 is 2.04 bits per heavy atom. The Bertz CT molecular complexity index is 806. The standard InChI is InChI=1S/C21H25FN2O3S/c1-2-18-9-10-19(28-18)21(26)23-12-15-4-3-11-24(13-15)20(25)14-27-17-7-5-16(22)6-8-17/h5-10,15H,2-4,11-14H2,1H3,(H,23,26). The summed E-state index contributed by atoms with van der Waals surface area (Å²) in [5.74, 6) is 0.225. The number of aryl methyl sites for hydroxylation is 1. The summed E-state index contributed by atoms with van der Waals surface area (Å²) < 4.78 is 18.4. The highest BCUT2D eigenvalue weighted by molar-refractivity contribution is 7.14. The van der Waals surface area contributed by atoms with Gasteiger partial charge in [-0.1, -0.05) is 6.92 Å². The second-order valence-electron chi connectivity index (χ2n) is 6.92. The van der Waals surface area contributed by atoms with E-state index in [1.807, 2.05) is 12.1 Å². The molecular weight excluding hydrogens is 379 g/mol. The number of benzene rings is 1. The van der Waals surface area contributed by atoms with Crippen LogP contribution in [0.4, 0.5) is 4.39 Å². The Morgan fingerprint density at radius 1 is 1.25 bits per heavy atom. The molecule has 1 atom stereocenters. The largest absolute Gasteiger partial charge is 0.484 e. The molecule has 150 valence electrons. The maximum absolute atomic E-state index is 12.9. The molecule has 3 rings (SSSR count). The summed E-state index contributed by atoms with van der Waals surface area (Å²) in [7, 11) is 0. The maximum Gasteiger partial charge on any atom is 0.261 e. The summed E-state index contributed by atoms with van der Waals surface area (Å²) in [6, 6.07) is 9.47. The molecule has 1 unspecified atom stereocenters. The average molecular weight is 405 g/mol. The van der Waals surface area contributed by atoms with Crippen LogP contribution < -0.4 is 10.1 Å². The van der Waals surface area contributed by atoms with Crippen LogP contribution in [0.2, 0.25) is 0 Å². The zero-order valence-corrected chi connectivity index (χ0v) is 16.8. The minimum Gasteiger partial charge on any atom is -0.484 e. The molecule has 2 heterocycles. The van der Waals surface area contributed by atoms with Gasteiger partial charge >= 0.3 is 0 Å². The lowest BCUT2D eigenvalue weighted by atomic mass is 9.98. The quantitative estimate of drug-likeness (QED) is 0.768. The zero-order chi connectivity index (χ0) is 19.9. The van der Waals surface area contributed by atoms with E-state index in [4.69, 9.17) is 4.74 Å². The van der Waals surface area contributed by atoms with Crippen molar-refractivity contribution in [1.29, 1.82) is 0 Å². The molecule has 28 heavy (non-hydrogen) atoms. The number of likely N-dealkylation sites (tertiary alicyclic amines) is 1. The van der Waals surface area contributed by atoms with Crippen LogP contribution in [0.5, 0.6) is 5.75 Å². The second-order valence-corrected chi connectivity index (χ2v) is 8.09. The van der Waals surface area contributed by atoms with Crippen molar-refractivity contribution in [3.05, 3.63) is 52.0 Å². The molecule has 0 aliphatic carbocycles. The highest BCUT2D eigenvalue weighted by atomic mass is 32.1. The predicted octanol–water partition coefficient (Wildman–Crippen LogP) is 3.50. The molecule has 0 saturated carbocycles. The summed E-state index contributed by atoms with van der Waals surface area (Å²) >= 11 is 1.52. The topological polar surface area (TPSA) is 58.6 Å². The van der Waals surface area contributed by atoms with E-state index in [9.17, 15) is 14.0 Å². The van der Waals surface area contributed by atoms with E-state index in [2.05, 4.69) is 12.2 Å². The van der Waals surface area contributed by atoms with Crippen molar-refractivity contribution >= 4 is 23.2 Å². The van der Waals surface area contributed by atoms with E-state index >= 15 is 0 Å². The monoisotopic (exact) mass is 404 g/mol. The van der Waals surface area contributed by atoms with Gasteiger partial charge in [-0.25, -0.2) is 4.39 Å². The number of amides is 2. The first-order valence-electron chi connectivity index (χ1n) is 9.58. The van der Waals surface area contributed by atoms with Gasteiger partial charge in [-0.05, 0) is 61.6 Å². The molecule has 0 spiro atoms. The first-order valence-corrected chi connectivity index (χ1v) is 10.4. The van der Waals surface area contributed by atoms with Gasteiger partial charge in [0.05, 0.1) is 4.88 Å². The van der Waals surface area contributed by atoms with Crippen LogP contribution in [0.1, 0.15) is 34.3 Å². The Labute approximate surface area is 168 Å². The first-order chi connectivity index (χ1) is 13.5. The van der Waals surface area contributed by atoms with E-state index < -0.39 is 0 Å². The van der Waals surface area contributed by atoms with Gasteiger partial charge in [-0.2, -0.15) is 0 Å². The molecule has 1 aliphatic rings. The Hall–Kier alpha value is -2.41. The van der Waals surface area contributed by atoms with Gasteiger partial charge in [0.2, 0.25) is 0 Å². The molecule has 1 saturated heterocycles. The zero-order valence-electron chi connectivity index (χ0n) is 15.9. The minimum atomic E-state index is -0.340. The molecule has 1 aromatic heterocycles. The third-order valence-corrected chi connectivity index (χ3v) is 6.06. The van der Waals surface area contributed by atoms with Crippen molar-refractivity contribution < 1.29 is 18.7 Å². The van der Waals surface area contributed by atoms with Crippen LogP contribution in [0, 0.1) is 11.7 Å². The molecule has 1 aliphatic heterocycles. The number of nitrogens with zero attached hydrogens (tertiary/aromatic N) is 1. The molecule has 1 aromatic carbocycles. The van der Waals surface area contributed by atoms with E-state index in [1.165, 1.54) is 40.5 Å². The molecule has 0 radical (unpaired) electrons. The summed E-state index contributed by atoms with van der Waals surface area (Å²) in [6.45, 7) is 3.86. The number of hydrogen-bond donors (Lipinski definition) is 1. The molecule has 7 heteroatoms. The van der Waals surface area contributed by atoms with Crippen molar-refractivity contribution in [2.75, 3.05) is 26.2 Å². The van der Waals surface area contributed by atoms with E-state index in [0.717, 1.165) is 24.1 Å². The predicted molar refractivity (Wildman–Crippen MR) is 107 cm³/mol. The van der Waals surface area contributed by atoms with Crippen molar-refractivity contribution in [3.8, 4) is 5.75 Å². The van der Waals surface area contributed by atoms with Gasteiger partial charge in [0.15, 0.2) is 6.61 Å². The van der Waals surface area contributed by atoms with Gasteiger partial charge in [-0.15, -0.1) is 11.3 Å². The molecule has 5 nitrogen and oxygen atoms in total. The summed E-state index contributed by atoms with van der Waals surface area (Å²) in [5, 5.41) is 3.00. The number of nitrogens with one attached hydrogen (secondary N) is 1. The minimum absolute atomic E-state index is 0.0483. The molecule has 0 bridgehead atoms. The molecule has 1 N–H and O–H groups in total. The number of hydrogen-bond acceptors (Lipinski definition) is 4. The highest BCUT2D eigenvalue weighted by Gasteiger charge is 2.24. The third-order valence-electron chi connectivity index (χ3n) is 4.83. The Morgan fingerprint density at radius 3 is 2.75 bits per heavy atom. The van der Waals surface area contributed by atoms with Crippen LogP contribution >= 0.6 is 11.3 Å². The lowest BCUT2D eigenvalue weighted by Crippen LogP contribution is -2.45. The van der Waals surface area contributed by atoms with Gasteiger partial charge in [0.1, 0.15) is 11.6 Å². The van der Waals surface area contributed by atoms with Crippen LogP contribution in [0.25, 0.3) is 0 Å². The number of halogens is 1. The van der Waals surface area contributed by atoms with E-state index in [-0.39, 0.29) is 30.2 Å². The third kappa shape index (κ3) is 5.55. The number of carbonyl (C=O) groups excluding carboxylic acids is 2. The fourth-order valence-electron chi connectivity index (χ4n) is 3.24. The van der Waals surface area contributed by atoms with Gasteiger partial charge in [-0.3, -0.25) is 9.59 Å². The van der Waals surface area contributed by atoms with Crippen molar-refractivity contribution in [2.45, 2.75) is 26.2 Å². The van der Waals surface area contributed by atoms with Gasteiger partial charge < -0.3 is 15.0 Å². The number of ether oxygens (including phenoxy) is 1. The lowest BCUT2D eigenvalue weighted by molar-refractivity contribution is -0.135. The summed E-state index contributed by atoms with van der Waals surface area (Å²) in [6.07, 6.45) is 2.81. The van der Waals surface area contributed by atoms with E-state index in [0.29, 0.717) is 25.4 Å². The fraction of sp³-hybridized carbons (Fsp3) is 0.429. The van der Waals surface area contributed by atoms with Gasteiger partial charge in [0.25, 0.3) is 11.8 Å². The number of carbonyl (C=O) groups is 2. The SMILES string of the molecule is CCc1ccc(C(=O)NCC2CCCN(C(=O)COc3ccc(F)cc3)C2)s1. The second kappa shape index (κ2) is 9.68. The number of thiophene rings is 1. The highest BCUT2D eigenvalue weighted by Crippen LogP contribution is 2.19. The van der Waals surface area contributed by atoms with Crippen LogP contribution in [0.3, 0.4) is 0 Å². The van der Waals surface area contributed by atoms with Crippen molar-refractivity contribution in [3.63, 3.8) is 0 Å². The number of piperidine rings is 1. The normalized spacial score (nSPS) is 16.6. The van der Waals surface area contributed by atoms with Crippen molar-refractivity contribution in [1.82, 2.24) is 10.2 Å².